The summed E-state index contributed by atoms with van der Waals surface area (Å²) in [5.41, 5.74) is 5.47. The number of aliphatic carboxylic acids is 1. The van der Waals surface area contributed by atoms with Gasteiger partial charge in [0.1, 0.15) is 0 Å². The molecule has 0 saturated heterocycles. The lowest BCUT2D eigenvalue weighted by Crippen LogP contribution is -2.32. The highest BCUT2D eigenvalue weighted by atomic mass is 16.4. The minimum Gasteiger partial charge on any atom is -0.481 e. The Morgan fingerprint density at radius 1 is 1.45 bits per heavy atom. The van der Waals surface area contributed by atoms with Crippen LogP contribution < -0.4 is 5.73 Å². The van der Waals surface area contributed by atoms with Crippen LogP contribution in [0.2, 0.25) is 0 Å². The summed E-state index contributed by atoms with van der Waals surface area (Å²) in [6.45, 7) is 0.525. The average Bonchev–Trinajstić information content (AvgIpc) is 2.04. The molecule has 2 atom stereocenters. The summed E-state index contributed by atoms with van der Waals surface area (Å²) in [4.78, 5) is 10.7. The maximum absolute atomic E-state index is 10.7. The molecule has 0 heterocycles. The van der Waals surface area contributed by atoms with E-state index < -0.39 is 5.97 Å². The Labute approximate surface area is 66.6 Å². The van der Waals surface area contributed by atoms with Gasteiger partial charge in [-0.15, -0.1) is 0 Å². The van der Waals surface area contributed by atoms with Crippen LogP contribution in [-0.4, -0.2) is 17.6 Å². The molecule has 3 nitrogen and oxygen atoms in total. The summed E-state index contributed by atoms with van der Waals surface area (Å²) >= 11 is 0. The van der Waals surface area contributed by atoms with Gasteiger partial charge in [-0.2, -0.15) is 0 Å². The molecule has 1 aliphatic rings. The number of hydrogen-bond donors (Lipinski definition) is 2. The Balaban J connectivity index is 2.51. The van der Waals surface area contributed by atoms with E-state index in [0.29, 0.717) is 6.54 Å². The van der Waals surface area contributed by atoms with E-state index in [4.69, 9.17) is 10.8 Å². The molecule has 1 aliphatic carbocycles. The minimum absolute atomic E-state index is 0.172. The molecular formula is C8H15NO2. The Morgan fingerprint density at radius 2 is 2.09 bits per heavy atom. The van der Waals surface area contributed by atoms with Crippen molar-refractivity contribution in [2.24, 2.45) is 17.6 Å². The minimum atomic E-state index is -0.667. The molecule has 0 aromatic rings. The maximum Gasteiger partial charge on any atom is 0.306 e. The molecule has 11 heavy (non-hydrogen) atoms. The zero-order valence-electron chi connectivity index (χ0n) is 6.62. The van der Waals surface area contributed by atoms with E-state index in [1.807, 2.05) is 0 Å². The molecule has 0 bridgehead atoms. The molecule has 1 rings (SSSR count). The molecule has 0 aliphatic heterocycles. The van der Waals surface area contributed by atoms with Crippen molar-refractivity contribution >= 4 is 5.97 Å². The van der Waals surface area contributed by atoms with Gasteiger partial charge < -0.3 is 10.8 Å². The average molecular weight is 157 g/mol. The van der Waals surface area contributed by atoms with Crippen LogP contribution in [0.15, 0.2) is 0 Å². The van der Waals surface area contributed by atoms with Crippen molar-refractivity contribution in [2.45, 2.75) is 25.7 Å². The predicted molar refractivity (Wildman–Crippen MR) is 42.1 cm³/mol. The number of carboxylic acids is 1. The van der Waals surface area contributed by atoms with E-state index in [9.17, 15) is 4.79 Å². The standard InChI is InChI=1S/C8H15NO2/c9-5-6-3-1-2-4-7(6)8(10)11/h6-7H,1-5,9H2,(H,10,11)/t6-,7-/m1/s1. The maximum atomic E-state index is 10.7. The molecule has 3 heteroatoms. The lowest BCUT2D eigenvalue weighted by molar-refractivity contribution is -0.144. The summed E-state index contributed by atoms with van der Waals surface area (Å²) in [5, 5.41) is 8.78. The lowest BCUT2D eigenvalue weighted by Gasteiger charge is -2.26. The summed E-state index contributed by atoms with van der Waals surface area (Å²) in [6.07, 6.45) is 4.00. The Kier molecular flexibility index (Phi) is 2.88. The van der Waals surface area contributed by atoms with Crippen LogP contribution in [0.4, 0.5) is 0 Å². The smallest absolute Gasteiger partial charge is 0.306 e. The summed E-state index contributed by atoms with van der Waals surface area (Å²) in [7, 11) is 0. The van der Waals surface area contributed by atoms with E-state index in [1.165, 1.54) is 0 Å². The fourth-order valence-electron chi connectivity index (χ4n) is 1.81. The second-order valence-corrected chi connectivity index (χ2v) is 3.22. The van der Waals surface area contributed by atoms with Crippen molar-refractivity contribution in [1.29, 1.82) is 0 Å². The first-order chi connectivity index (χ1) is 5.25. The SMILES string of the molecule is NC[C@H]1CCCC[C@H]1C(=O)O. The van der Waals surface area contributed by atoms with E-state index in [2.05, 4.69) is 0 Å². The third-order valence-electron chi connectivity index (χ3n) is 2.53. The van der Waals surface area contributed by atoms with Crippen LogP contribution in [0.1, 0.15) is 25.7 Å². The normalized spacial score (nSPS) is 31.7. The van der Waals surface area contributed by atoms with Gasteiger partial charge in [0.25, 0.3) is 0 Å². The number of carbonyl (C=O) groups is 1. The van der Waals surface area contributed by atoms with E-state index >= 15 is 0 Å². The van der Waals surface area contributed by atoms with E-state index in [1.54, 1.807) is 0 Å². The molecule has 64 valence electrons. The van der Waals surface area contributed by atoms with Gasteiger partial charge in [0.2, 0.25) is 0 Å². The zero-order chi connectivity index (χ0) is 8.27. The van der Waals surface area contributed by atoms with Gasteiger partial charge in [0.05, 0.1) is 5.92 Å². The first-order valence-corrected chi connectivity index (χ1v) is 4.18. The molecule has 0 spiro atoms. The van der Waals surface area contributed by atoms with Gasteiger partial charge in [-0.25, -0.2) is 0 Å². The van der Waals surface area contributed by atoms with Crippen LogP contribution >= 0.6 is 0 Å². The summed E-state index contributed by atoms with van der Waals surface area (Å²) < 4.78 is 0. The first kappa shape index (κ1) is 8.53. The molecule has 0 aromatic heterocycles. The van der Waals surface area contributed by atoms with Crippen molar-refractivity contribution in [3.63, 3.8) is 0 Å². The Morgan fingerprint density at radius 3 is 2.55 bits per heavy atom. The molecule has 0 amide bonds. The molecule has 0 radical (unpaired) electrons. The largest absolute Gasteiger partial charge is 0.481 e. The fourth-order valence-corrected chi connectivity index (χ4v) is 1.81. The number of nitrogens with two attached hydrogens (primary N) is 1. The number of carboxylic acid groups (broad SMARTS) is 1. The van der Waals surface area contributed by atoms with E-state index in [0.717, 1.165) is 25.7 Å². The molecule has 1 saturated carbocycles. The molecule has 3 N–H and O–H groups in total. The Hall–Kier alpha value is -0.570. The monoisotopic (exact) mass is 157 g/mol. The van der Waals surface area contributed by atoms with Gasteiger partial charge in [-0.1, -0.05) is 12.8 Å². The van der Waals surface area contributed by atoms with Gasteiger partial charge in [0.15, 0.2) is 0 Å². The lowest BCUT2D eigenvalue weighted by atomic mass is 9.79. The second-order valence-electron chi connectivity index (χ2n) is 3.22. The molecule has 0 aromatic carbocycles. The van der Waals surface area contributed by atoms with Crippen LogP contribution in [0, 0.1) is 11.8 Å². The molecular weight excluding hydrogens is 142 g/mol. The van der Waals surface area contributed by atoms with Crippen LogP contribution in [-0.2, 0) is 4.79 Å². The predicted octanol–water partition coefficient (Wildman–Crippen LogP) is 0.836. The van der Waals surface area contributed by atoms with Gasteiger partial charge in [0, 0.05) is 0 Å². The van der Waals surface area contributed by atoms with Crippen molar-refractivity contribution in [3.8, 4) is 0 Å². The van der Waals surface area contributed by atoms with Crippen molar-refractivity contribution in [1.82, 2.24) is 0 Å². The van der Waals surface area contributed by atoms with Crippen molar-refractivity contribution in [3.05, 3.63) is 0 Å². The highest BCUT2D eigenvalue weighted by molar-refractivity contribution is 5.70. The first-order valence-electron chi connectivity index (χ1n) is 4.18. The summed E-state index contributed by atoms with van der Waals surface area (Å²) in [6, 6.07) is 0. The zero-order valence-corrected chi connectivity index (χ0v) is 6.62. The topological polar surface area (TPSA) is 63.3 Å². The summed E-state index contributed by atoms with van der Waals surface area (Å²) in [5.74, 6) is -0.616. The van der Waals surface area contributed by atoms with Gasteiger partial charge in [-0.3, -0.25) is 4.79 Å². The number of rotatable bonds is 2. The highest BCUT2D eigenvalue weighted by Crippen LogP contribution is 2.29. The fraction of sp³-hybridized carbons (Fsp3) is 0.875. The van der Waals surface area contributed by atoms with Crippen LogP contribution in [0.5, 0.6) is 0 Å². The molecule has 1 fully saturated rings. The third kappa shape index (κ3) is 1.93. The second kappa shape index (κ2) is 3.72. The van der Waals surface area contributed by atoms with Crippen molar-refractivity contribution in [2.75, 3.05) is 6.54 Å². The van der Waals surface area contributed by atoms with Gasteiger partial charge in [-0.05, 0) is 25.3 Å². The van der Waals surface area contributed by atoms with Crippen molar-refractivity contribution < 1.29 is 9.90 Å². The van der Waals surface area contributed by atoms with Gasteiger partial charge >= 0.3 is 5.97 Å². The molecule has 0 unspecified atom stereocenters. The quantitative estimate of drug-likeness (QED) is 0.624. The highest BCUT2D eigenvalue weighted by Gasteiger charge is 2.29. The van der Waals surface area contributed by atoms with Crippen LogP contribution in [0.25, 0.3) is 0 Å². The van der Waals surface area contributed by atoms with E-state index in [-0.39, 0.29) is 11.8 Å². The third-order valence-corrected chi connectivity index (χ3v) is 2.53. The van der Waals surface area contributed by atoms with Crippen LogP contribution in [0.3, 0.4) is 0 Å². The number of hydrogen-bond acceptors (Lipinski definition) is 2. The Bertz CT molecular complexity index is 147.